The number of nitrogens with one attached hydrogen (secondary N) is 1. The zero-order chi connectivity index (χ0) is 21.9. The molecule has 1 saturated carbocycles. The number of hydrogen-bond acceptors (Lipinski definition) is 6. The van der Waals surface area contributed by atoms with Crippen molar-refractivity contribution in [2.75, 3.05) is 38.2 Å². The van der Waals surface area contributed by atoms with Gasteiger partial charge in [0.05, 0.1) is 29.6 Å². The van der Waals surface area contributed by atoms with Gasteiger partial charge in [0, 0.05) is 18.8 Å². The number of morpholine rings is 1. The highest BCUT2D eigenvalue weighted by molar-refractivity contribution is 7.89. The van der Waals surface area contributed by atoms with Crippen molar-refractivity contribution >= 4 is 21.6 Å². The van der Waals surface area contributed by atoms with E-state index in [1.54, 1.807) is 12.1 Å². The van der Waals surface area contributed by atoms with Gasteiger partial charge in [0.15, 0.2) is 6.61 Å². The number of amides is 1. The van der Waals surface area contributed by atoms with E-state index in [9.17, 15) is 18.5 Å². The van der Waals surface area contributed by atoms with Gasteiger partial charge in [-0.3, -0.25) is 4.79 Å². The van der Waals surface area contributed by atoms with E-state index in [4.69, 9.17) is 9.47 Å². The van der Waals surface area contributed by atoms with Gasteiger partial charge in [-0.25, -0.2) is 8.42 Å². The van der Waals surface area contributed by atoms with Crippen LogP contribution in [-0.2, 0) is 25.0 Å². The molecule has 1 aliphatic carbocycles. The Morgan fingerprint density at radius 1 is 1.10 bits per heavy atom. The number of anilines is 1. The van der Waals surface area contributed by atoms with Crippen molar-refractivity contribution in [1.82, 2.24) is 4.31 Å². The molecule has 0 radical (unpaired) electrons. The van der Waals surface area contributed by atoms with Crippen LogP contribution in [0, 0.1) is 11.3 Å². The summed E-state index contributed by atoms with van der Waals surface area (Å²) in [5.74, 6) is 0.0651. The molecule has 1 aliphatic heterocycles. The van der Waals surface area contributed by atoms with Crippen LogP contribution in [0.25, 0.3) is 0 Å². The molecule has 1 saturated heterocycles. The van der Waals surface area contributed by atoms with Crippen molar-refractivity contribution in [2.24, 2.45) is 0 Å². The summed E-state index contributed by atoms with van der Waals surface area (Å²) in [6, 6.07) is 15.6. The minimum Gasteiger partial charge on any atom is -0.484 e. The normalized spacial score (nSPS) is 18.0. The lowest BCUT2D eigenvalue weighted by Crippen LogP contribution is -2.40. The van der Waals surface area contributed by atoms with Crippen molar-refractivity contribution in [3.05, 3.63) is 54.1 Å². The predicted molar refractivity (Wildman–Crippen MR) is 113 cm³/mol. The molecule has 2 aromatic rings. The Bertz CT molecular complexity index is 1080. The van der Waals surface area contributed by atoms with Crippen LogP contribution in [0.3, 0.4) is 0 Å². The zero-order valence-corrected chi connectivity index (χ0v) is 17.7. The number of nitrogens with zero attached hydrogens (tertiary/aromatic N) is 2. The van der Waals surface area contributed by atoms with Crippen LogP contribution in [0.2, 0.25) is 0 Å². The summed E-state index contributed by atoms with van der Waals surface area (Å²) >= 11 is 0. The van der Waals surface area contributed by atoms with Gasteiger partial charge < -0.3 is 14.8 Å². The minimum absolute atomic E-state index is 0.178. The van der Waals surface area contributed by atoms with Gasteiger partial charge in [0.25, 0.3) is 5.91 Å². The maximum atomic E-state index is 12.6. The molecule has 0 unspecified atom stereocenters. The molecule has 0 spiro atoms. The molecule has 162 valence electrons. The minimum atomic E-state index is -3.56. The van der Waals surface area contributed by atoms with Gasteiger partial charge in [0.1, 0.15) is 5.75 Å². The number of rotatable bonds is 7. The Labute approximate surface area is 181 Å². The molecule has 1 N–H and O–H groups in total. The number of carbonyl (C=O) groups is 1. The third-order valence-electron chi connectivity index (χ3n) is 5.49. The van der Waals surface area contributed by atoms with E-state index in [0.717, 1.165) is 18.4 Å². The Balaban J connectivity index is 1.30. The lowest BCUT2D eigenvalue weighted by atomic mass is 9.98. The monoisotopic (exact) mass is 441 g/mol. The number of carbonyl (C=O) groups excluding carboxylic acids is 1. The van der Waals surface area contributed by atoms with E-state index in [0.29, 0.717) is 37.7 Å². The number of nitriles is 1. The van der Waals surface area contributed by atoms with E-state index in [2.05, 4.69) is 11.4 Å². The molecule has 2 fully saturated rings. The Morgan fingerprint density at radius 3 is 2.32 bits per heavy atom. The maximum Gasteiger partial charge on any atom is 0.262 e. The van der Waals surface area contributed by atoms with E-state index in [-0.39, 0.29) is 22.8 Å². The lowest BCUT2D eigenvalue weighted by molar-refractivity contribution is -0.118. The molecule has 2 aromatic carbocycles. The van der Waals surface area contributed by atoms with Gasteiger partial charge in [-0.05, 0) is 54.8 Å². The van der Waals surface area contributed by atoms with Crippen LogP contribution < -0.4 is 10.1 Å². The van der Waals surface area contributed by atoms with Crippen molar-refractivity contribution < 1.29 is 22.7 Å². The number of ether oxygens (including phenoxy) is 2. The summed E-state index contributed by atoms with van der Waals surface area (Å²) in [6.07, 6.45) is 1.74. The molecule has 8 nitrogen and oxygen atoms in total. The van der Waals surface area contributed by atoms with E-state index < -0.39 is 10.0 Å². The molecule has 9 heteroatoms. The first-order chi connectivity index (χ1) is 14.9. The van der Waals surface area contributed by atoms with Crippen LogP contribution in [0.5, 0.6) is 5.75 Å². The van der Waals surface area contributed by atoms with Crippen molar-refractivity contribution in [3.8, 4) is 11.8 Å². The maximum absolute atomic E-state index is 12.6. The average Bonchev–Trinajstić information content (AvgIpc) is 3.60. The fourth-order valence-electron chi connectivity index (χ4n) is 3.45. The van der Waals surface area contributed by atoms with Gasteiger partial charge in [-0.2, -0.15) is 9.57 Å². The lowest BCUT2D eigenvalue weighted by Gasteiger charge is -2.26. The molecule has 1 amide bonds. The molecular weight excluding hydrogens is 418 g/mol. The summed E-state index contributed by atoms with van der Waals surface area (Å²) in [6.45, 7) is 1.23. The third kappa shape index (κ3) is 4.71. The van der Waals surface area contributed by atoms with Crippen LogP contribution in [0.4, 0.5) is 5.69 Å². The van der Waals surface area contributed by atoms with Crippen LogP contribution in [-0.4, -0.2) is 51.5 Å². The van der Waals surface area contributed by atoms with E-state index >= 15 is 0 Å². The summed E-state index contributed by atoms with van der Waals surface area (Å²) in [5.41, 5.74) is 1.24. The number of benzene rings is 2. The second-order valence-electron chi connectivity index (χ2n) is 7.60. The highest BCUT2D eigenvalue weighted by Gasteiger charge is 2.44. The fraction of sp³-hybridized carbons (Fsp3) is 0.364. The topological polar surface area (TPSA) is 109 Å². The fourth-order valence-corrected chi connectivity index (χ4v) is 4.86. The van der Waals surface area contributed by atoms with E-state index in [1.807, 2.05) is 12.1 Å². The Hall–Kier alpha value is -2.93. The number of sulfonamides is 1. The molecule has 0 atom stereocenters. The highest BCUT2D eigenvalue weighted by Crippen LogP contribution is 2.47. The molecular formula is C22H23N3O5S. The second kappa shape index (κ2) is 8.67. The quantitative estimate of drug-likeness (QED) is 0.706. The Kier molecular flexibility index (Phi) is 5.96. The van der Waals surface area contributed by atoms with Gasteiger partial charge in [-0.15, -0.1) is 0 Å². The van der Waals surface area contributed by atoms with Gasteiger partial charge in [-0.1, -0.05) is 12.1 Å². The zero-order valence-electron chi connectivity index (χ0n) is 16.9. The Morgan fingerprint density at radius 2 is 1.74 bits per heavy atom. The number of hydrogen-bond donors (Lipinski definition) is 1. The van der Waals surface area contributed by atoms with Crippen LogP contribution in [0.15, 0.2) is 53.4 Å². The smallest absolute Gasteiger partial charge is 0.262 e. The summed E-state index contributed by atoms with van der Waals surface area (Å²) < 4.78 is 37.3. The first kappa shape index (κ1) is 21.3. The summed E-state index contributed by atoms with van der Waals surface area (Å²) in [5, 5.41) is 12.0. The second-order valence-corrected chi connectivity index (χ2v) is 9.53. The molecule has 0 bridgehead atoms. The van der Waals surface area contributed by atoms with Gasteiger partial charge in [0.2, 0.25) is 10.0 Å². The van der Waals surface area contributed by atoms with Crippen molar-refractivity contribution in [1.29, 1.82) is 5.26 Å². The van der Waals surface area contributed by atoms with Crippen LogP contribution in [0.1, 0.15) is 18.4 Å². The molecule has 2 aliphatic rings. The van der Waals surface area contributed by atoms with Crippen molar-refractivity contribution in [2.45, 2.75) is 23.2 Å². The third-order valence-corrected chi connectivity index (χ3v) is 7.40. The highest BCUT2D eigenvalue weighted by atomic mass is 32.2. The summed E-state index contributed by atoms with van der Waals surface area (Å²) in [4.78, 5) is 12.3. The first-order valence-corrected chi connectivity index (χ1v) is 11.5. The molecule has 0 aromatic heterocycles. The van der Waals surface area contributed by atoms with Crippen LogP contribution >= 0.6 is 0 Å². The summed E-state index contributed by atoms with van der Waals surface area (Å²) in [7, 11) is -3.56. The average molecular weight is 442 g/mol. The molecule has 1 heterocycles. The predicted octanol–water partition coefficient (Wildman–Crippen LogP) is 2.28. The SMILES string of the molecule is N#CC1(c2ccc(NC(=O)COc3ccc(S(=O)(=O)N4CCOCC4)cc3)cc2)CC1. The standard InChI is InChI=1S/C22H23N3O5S/c23-16-22(9-10-22)17-1-3-18(4-2-17)24-21(26)15-30-19-5-7-20(8-6-19)31(27,28)25-11-13-29-14-12-25/h1-8H,9-15H2,(H,24,26). The van der Waals surface area contributed by atoms with E-state index in [1.165, 1.54) is 28.6 Å². The van der Waals surface area contributed by atoms with Gasteiger partial charge >= 0.3 is 0 Å². The molecule has 31 heavy (non-hydrogen) atoms. The first-order valence-electron chi connectivity index (χ1n) is 10.1. The van der Waals surface area contributed by atoms with Crippen molar-refractivity contribution in [3.63, 3.8) is 0 Å². The largest absolute Gasteiger partial charge is 0.484 e. The molecule has 4 rings (SSSR count).